The maximum atomic E-state index is 10.0. The third-order valence-corrected chi connectivity index (χ3v) is 2.88. The highest BCUT2D eigenvalue weighted by atomic mass is 16.5. The molecule has 96 valence electrons. The normalized spacial score (nSPS) is 10.8. The molecule has 0 aliphatic rings. The summed E-state index contributed by atoms with van der Waals surface area (Å²) >= 11 is 0. The molecule has 0 aliphatic heterocycles. The number of phenolic OH excluding ortho intramolecular Hbond substituents is 1. The summed E-state index contributed by atoms with van der Waals surface area (Å²) in [6.07, 6.45) is 5.12. The molecule has 0 fully saturated rings. The lowest BCUT2D eigenvalue weighted by Crippen LogP contribution is -1.98. The number of nitrogen functional groups attached to an aromatic ring is 1. The molecule has 6 nitrogen and oxygen atoms in total. The zero-order valence-electron chi connectivity index (χ0n) is 10.2. The monoisotopic (exact) mass is 256 g/mol. The van der Waals surface area contributed by atoms with Crippen LogP contribution in [0.2, 0.25) is 0 Å². The van der Waals surface area contributed by atoms with Gasteiger partial charge in [0.25, 0.3) is 0 Å². The minimum absolute atomic E-state index is 0.0306. The lowest BCUT2D eigenvalue weighted by Gasteiger charge is -2.11. The summed E-state index contributed by atoms with van der Waals surface area (Å²) in [5.41, 5.74) is 7.00. The Kier molecular flexibility index (Phi) is 2.49. The van der Waals surface area contributed by atoms with Crippen LogP contribution in [0.3, 0.4) is 0 Å². The lowest BCUT2D eigenvalue weighted by atomic mass is 10.1. The minimum Gasteiger partial charge on any atom is -0.506 e. The first-order chi connectivity index (χ1) is 9.19. The van der Waals surface area contributed by atoms with Gasteiger partial charge in [0.15, 0.2) is 0 Å². The molecule has 3 N–H and O–H groups in total. The van der Waals surface area contributed by atoms with Crippen molar-refractivity contribution in [3.05, 3.63) is 36.9 Å². The van der Waals surface area contributed by atoms with Gasteiger partial charge in [-0.05, 0) is 6.07 Å². The number of hydrogen-bond acceptors (Lipinski definition) is 5. The van der Waals surface area contributed by atoms with Gasteiger partial charge in [0, 0.05) is 29.9 Å². The molecule has 1 aromatic carbocycles. The van der Waals surface area contributed by atoms with Crippen molar-refractivity contribution in [2.24, 2.45) is 0 Å². The Balaban J connectivity index is 2.40. The molecule has 0 spiro atoms. The fourth-order valence-corrected chi connectivity index (χ4v) is 2.02. The highest BCUT2D eigenvalue weighted by Gasteiger charge is 2.11. The molecule has 0 atom stereocenters. The second-order valence-electron chi connectivity index (χ2n) is 4.08. The van der Waals surface area contributed by atoms with Crippen molar-refractivity contribution in [3.63, 3.8) is 0 Å². The van der Waals surface area contributed by atoms with Crippen molar-refractivity contribution >= 4 is 16.7 Å². The van der Waals surface area contributed by atoms with Crippen LogP contribution in [-0.2, 0) is 0 Å². The number of nitrogens with two attached hydrogens (primary N) is 1. The van der Waals surface area contributed by atoms with E-state index in [2.05, 4.69) is 9.97 Å². The van der Waals surface area contributed by atoms with E-state index in [0.29, 0.717) is 17.1 Å². The maximum absolute atomic E-state index is 10.0. The number of anilines is 1. The SMILES string of the molecule is COc1cc(O)c2nc(N)cc(-n3ccnc3)c2c1. The highest BCUT2D eigenvalue weighted by molar-refractivity contribution is 5.94. The van der Waals surface area contributed by atoms with Crippen LogP contribution in [0.5, 0.6) is 11.5 Å². The number of benzene rings is 1. The fraction of sp³-hybridized carbons (Fsp3) is 0.0769. The molecule has 3 aromatic rings. The lowest BCUT2D eigenvalue weighted by molar-refractivity contribution is 0.409. The number of pyridine rings is 1. The van der Waals surface area contributed by atoms with Gasteiger partial charge in [0.2, 0.25) is 0 Å². The maximum Gasteiger partial charge on any atom is 0.145 e. The third kappa shape index (κ3) is 1.83. The first kappa shape index (κ1) is 11.3. The molecule has 0 unspecified atom stereocenters. The van der Waals surface area contributed by atoms with Gasteiger partial charge in [-0.1, -0.05) is 0 Å². The summed E-state index contributed by atoms with van der Waals surface area (Å²) in [5.74, 6) is 0.914. The van der Waals surface area contributed by atoms with Crippen LogP contribution in [0.1, 0.15) is 0 Å². The van der Waals surface area contributed by atoms with E-state index in [9.17, 15) is 5.11 Å². The number of rotatable bonds is 2. The van der Waals surface area contributed by atoms with E-state index >= 15 is 0 Å². The highest BCUT2D eigenvalue weighted by Crippen LogP contribution is 2.33. The van der Waals surface area contributed by atoms with Gasteiger partial charge in [-0.2, -0.15) is 0 Å². The van der Waals surface area contributed by atoms with Crippen LogP contribution in [0.25, 0.3) is 16.6 Å². The van der Waals surface area contributed by atoms with Crippen LogP contribution < -0.4 is 10.5 Å². The molecular weight excluding hydrogens is 244 g/mol. The van der Waals surface area contributed by atoms with Crippen LogP contribution in [0.4, 0.5) is 5.82 Å². The minimum atomic E-state index is 0.0306. The predicted molar refractivity (Wildman–Crippen MR) is 71.5 cm³/mol. The number of hydrogen-bond donors (Lipinski definition) is 2. The number of methoxy groups -OCH3 is 1. The Hall–Kier alpha value is -2.76. The molecule has 0 saturated carbocycles. The van der Waals surface area contributed by atoms with Gasteiger partial charge in [0.1, 0.15) is 22.8 Å². The Bertz CT molecular complexity index is 738. The van der Waals surface area contributed by atoms with E-state index in [1.165, 1.54) is 6.07 Å². The topological polar surface area (TPSA) is 86.2 Å². The summed E-state index contributed by atoms with van der Waals surface area (Å²) in [7, 11) is 1.54. The molecule has 0 radical (unpaired) electrons. The molecule has 0 amide bonds. The number of imidazole rings is 1. The molecule has 19 heavy (non-hydrogen) atoms. The Morgan fingerprint density at radius 3 is 2.84 bits per heavy atom. The summed E-state index contributed by atoms with van der Waals surface area (Å²) in [6.45, 7) is 0. The molecular formula is C13H12N4O2. The van der Waals surface area contributed by atoms with Crippen molar-refractivity contribution < 1.29 is 9.84 Å². The summed E-state index contributed by atoms with van der Waals surface area (Å²) in [4.78, 5) is 8.17. The predicted octanol–water partition coefficient (Wildman–Crippen LogP) is 1.72. The zero-order chi connectivity index (χ0) is 13.4. The second kappa shape index (κ2) is 4.16. The molecule has 6 heteroatoms. The van der Waals surface area contributed by atoms with Gasteiger partial charge in [-0.3, -0.25) is 0 Å². The Morgan fingerprint density at radius 1 is 1.32 bits per heavy atom. The number of aromatic nitrogens is 3. The number of phenols is 1. The molecule has 0 bridgehead atoms. The van der Waals surface area contributed by atoms with Crippen LogP contribution in [0.15, 0.2) is 36.9 Å². The van der Waals surface area contributed by atoms with Gasteiger partial charge >= 0.3 is 0 Å². The summed E-state index contributed by atoms with van der Waals surface area (Å²) < 4.78 is 6.97. The second-order valence-corrected chi connectivity index (χ2v) is 4.08. The van der Waals surface area contributed by atoms with Crippen molar-refractivity contribution in [1.82, 2.24) is 14.5 Å². The number of fused-ring (bicyclic) bond motifs is 1. The third-order valence-electron chi connectivity index (χ3n) is 2.88. The number of nitrogens with zero attached hydrogens (tertiary/aromatic N) is 3. The van der Waals surface area contributed by atoms with Crippen LogP contribution >= 0.6 is 0 Å². The van der Waals surface area contributed by atoms with Gasteiger partial charge in [-0.25, -0.2) is 9.97 Å². The average Bonchev–Trinajstić information content (AvgIpc) is 2.92. The first-order valence-corrected chi connectivity index (χ1v) is 5.64. The zero-order valence-corrected chi connectivity index (χ0v) is 10.2. The molecule has 2 heterocycles. The van der Waals surface area contributed by atoms with Crippen molar-refractivity contribution in [2.75, 3.05) is 12.8 Å². The summed E-state index contributed by atoms with van der Waals surface area (Å²) in [5, 5.41) is 10.7. The summed E-state index contributed by atoms with van der Waals surface area (Å²) in [6, 6.07) is 5.03. The van der Waals surface area contributed by atoms with Gasteiger partial charge in [-0.15, -0.1) is 0 Å². The molecule has 3 rings (SSSR count). The molecule has 0 aliphatic carbocycles. The van der Waals surface area contributed by atoms with E-state index in [1.54, 1.807) is 42.5 Å². The number of aromatic hydroxyl groups is 1. The smallest absolute Gasteiger partial charge is 0.145 e. The quantitative estimate of drug-likeness (QED) is 0.729. The number of ether oxygens (including phenoxy) is 1. The van der Waals surface area contributed by atoms with E-state index in [-0.39, 0.29) is 5.75 Å². The van der Waals surface area contributed by atoms with Gasteiger partial charge < -0.3 is 20.1 Å². The van der Waals surface area contributed by atoms with Crippen LogP contribution in [-0.4, -0.2) is 26.8 Å². The Labute approximate surface area is 109 Å². The van der Waals surface area contributed by atoms with Crippen molar-refractivity contribution in [1.29, 1.82) is 0 Å². The average molecular weight is 256 g/mol. The molecule has 0 saturated heterocycles. The van der Waals surface area contributed by atoms with E-state index in [1.807, 2.05) is 0 Å². The molecule has 2 aromatic heterocycles. The van der Waals surface area contributed by atoms with Crippen molar-refractivity contribution in [3.8, 4) is 17.2 Å². The largest absolute Gasteiger partial charge is 0.506 e. The Morgan fingerprint density at radius 2 is 2.16 bits per heavy atom. The van der Waals surface area contributed by atoms with Crippen LogP contribution in [0, 0.1) is 0 Å². The fourth-order valence-electron chi connectivity index (χ4n) is 2.02. The standard InChI is InChI=1S/C13H12N4O2/c1-19-8-4-9-10(17-3-2-15-7-17)6-12(14)16-13(9)11(18)5-8/h2-7,18H,1H3,(H2,14,16). The van der Waals surface area contributed by atoms with Crippen molar-refractivity contribution in [2.45, 2.75) is 0 Å². The van der Waals surface area contributed by atoms with Gasteiger partial charge in [0.05, 0.1) is 19.1 Å². The first-order valence-electron chi connectivity index (χ1n) is 5.64. The van der Waals surface area contributed by atoms with E-state index < -0.39 is 0 Å². The van der Waals surface area contributed by atoms with E-state index in [0.717, 1.165) is 11.1 Å². The van der Waals surface area contributed by atoms with E-state index in [4.69, 9.17) is 10.5 Å².